The van der Waals surface area contributed by atoms with E-state index in [1.54, 1.807) is 17.0 Å². The number of sulfonamides is 1. The lowest BCUT2D eigenvalue weighted by molar-refractivity contribution is 0.0761. The highest BCUT2D eigenvalue weighted by atomic mass is 32.2. The molecular weight excluding hydrogens is 377 g/mol. The molecule has 1 aliphatic heterocycles. The molecule has 0 atom stereocenters. The van der Waals surface area contributed by atoms with E-state index in [0.717, 1.165) is 29.9 Å². The maximum atomic E-state index is 13.0. The van der Waals surface area contributed by atoms with Gasteiger partial charge in [0.05, 0.1) is 5.56 Å². The number of amides is 1. The molecular formula is C17H20FN3O3S2. The lowest BCUT2D eigenvalue weighted by Crippen LogP contribution is -2.34. The topological polar surface area (TPSA) is 83.7 Å². The van der Waals surface area contributed by atoms with Gasteiger partial charge in [-0.05, 0) is 30.2 Å². The molecule has 1 saturated heterocycles. The number of carbonyl (C=O) groups is 1. The smallest absolute Gasteiger partial charge is 0.254 e. The standard InChI is InChI=1S/C17H20FN3O3S2/c18-15-4-2-13(3-5-15)11-20-6-1-7-21(9-8-20)17(22)14-10-16(25-12-14)26(19,23)24/h2-5,10,12H,1,6-9,11H2,(H2,19,23,24). The number of hydrogen-bond donors (Lipinski definition) is 1. The molecule has 0 aliphatic carbocycles. The molecule has 6 nitrogen and oxygen atoms in total. The van der Waals surface area contributed by atoms with Crippen LogP contribution in [0.25, 0.3) is 0 Å². The SMILES string of the molecule is NS(=O)(=O)c1cc(C(=O)N2CCCN(Cc3ccc(F)cc3)CC2)cs1. The second-order valence-electron chi connectivity index (χ2n) is 6.25. The summed E-state index contributed by atoms with van der Waals surface area (Å²) in [5, 5.41) is 6.63. The van der Waals surface area contributed by atoms with Gasteiger partial charge in [-0.25, -0.2) is 17.9 Å². The van der Waals surface area contributed by atoms with E-state index in [1.807, 2.05) is 0 Å². The number of hydrogen-bond acceptors (Lipinski definition) is 5. The molecule has 140 valence electrons. The molecule has 1 amide bonds. The van der Waals surface area contributed by atoms with E-state index in [-0.39, 0.29) is 15.9 Å². The molecule has 0 spiro atoms. The minimum absolute atomic E-state index is 0.00592. The molecule has 0 bridgehead atoms. The van der Waals surface area contributed by atoms with Gasteiger partial charge in [-0.1, -0.05) is 12.1 Å². The van der Waals surface area contributed by atoms with Crippen molar-refractivity contribution in [3.63, 3.8) is 0 Å². The number of rotatable bonds is 4. The van der Waals surface area contributed by atoms with Crippen LogP contribution in [0.15, 0.2) is 39.9 Å². The van der Waals surface area contributed by atoms with E-state index in [2.05, 4.69) is 4.90 Å². The Morgan fingerprint density at radius 2 is 1.88 bits per heavy atom. The third-order valence-electron chi connectivity index (χ3n) is 4.30. The second-order valence-corrected chi connectivity index (χ2v) is 8.95. The zero-order chi connectivity index (χ0) is 18.7. The Morgan fingerprint density at radius 3 is 2.54 bits per heavy atom. The van der Waals surface area contributed by atoms with Gasteiger partial charge in [0.15, 0.2) is 0 Å². The summed E-state index contributed by atoms with van der Waals surface area (Å²) in [4.78, 5) is 16.6. The van der Waals surface area contributed by atoms with Crippen molar-refractivity contribution in [2.24, 2.45) is 5.14 Å². The average Bonchev–Trinajstić information content (AvgIpc) is 2.99. The molecule has 26 heavy (non-hydrogen) atoms. The average molecular weight is 397 g/mol. The van der Waals surface area contributed by atoms with Crippen LogP contribution >= 0.6 is 11.3 Å². The van der Waals surface area contributed by atoms with Crippen LogP contribution in [-0.2, 0) is 16.6 Å². The predicted octanol–water partition coefficient (Wildman–Crippen LogP) is 1.88. The third-order valence-corrected chi connectivity index (χ3v) is 6.68. The first-order valence-electron chi connectivity index (χ1n) is 8.20. The minimum atomic E-state index is -3.79. The number of nitrogens with zero attached hydrogens (tertiary/aromatic N) is 2. The minimum Gasteiger partial charge on any atom is -0.337 e. The molecule has 3 rings (SSSR count). The molecule has 0 radical (unpaired) electrons. The summed E-state index contributed by atoms with van der Waals surface area (Å²) in [7, 11) is -3.79. The van der Waals surface area contributed by atoms with Gasteiger partial charge in [0.2, 0.25) is 10.0 Å². The first-order chi connectivity index (χ1) is 12.3. The van der Waals surface area contributed by atoms with Gasteiger partial charge in [-0.3, -0.25) is 9.69 Å². The van der Waals surface area contributed by atoms with Gasteiger partial charge < -0.3 is 4.90 Å². The number of benzene rings is 1. The van der Waals surface area contributed by atoms with Crippen LogP contribution in [0.1, 0.15) is 22.3 Å². The number of primary sulfonamides is 1. The Bertz CT molecular complexity index is 881. The number of carbonyl (C=O) groups excluding carboxylic acids is 1. The van der Waals surface area contributed by atoms with Crippen molar-refractivity contribution in [3.8, 4) is 0 Å². The van der Waals surface area contributed by atoms with Crippen LogP contribution < -0.4 is 5.14 Å². The summed E-state index contributed by atoms with van der Waals surface area (Å²) in [6.45, 7) is 3.42. The van der Waals surface area contributed by atoms with Gasteiger partial charge in [-0.15, -0.1) is 11.3 Å². The number of halogens is 1. The molecule has 2 heterocycles. The van der Waals surface area contributed by atoms with Crippen LogP contribution in [0.5, 0.6) is 0 Å². The van der Waals surface area contributed by atoms with Crippen molar-refractivity contribution in [1.29, 1.82) is 0 Å². The first-order valence-corrected chi connectivity index (χ1v) is 10.6. The Morgan fingerprint density at radius 1 is 1.15 bits per heavy atom. The van der Waals surface area contributed by atoms with Gasteiger partial charge in [0, 0.05) is 38.1 Å². The summed E-state index contributed by atoms with van der Waals surface area (Å²) >= 11 is 0.956. The lowest BCUT2D eigenvalue weighted by atomic mass is 10.2. The van der Waals surface area contributed by atoms with Crippen molar-refractivity contribution < 1.29 is 17.6 Å². The highest BCUT2D eigenvalue weighted by Crippen LogP contribution is 2.21. The van der Waals surface area contributed by atoms with E-state index in [4.69, 9.17) is 5.14 Å². The Hall–Kier alpha value is -1.81. The maximum Gasteiger partial charge on any atom is 0.254 e. The van der Waals surface area contributed by atoms with E-state index in [9.17, 15) is 17.6 Å². The fraction of sp³-hybridized carbons (Fsp3) is 0.353. The number of nitrogens with two attached hydrogens (primary N) is 1. The summed E-state index contributed by atoms with van der Waals surface area (Å²) in [5.74, 6) is -0.434. The molecule has 1 aliphatic rings. The summed E-state index contributed by atoms with van der Waals surface area (Å²) in [5.41, 5.74) is 1.38. The molecule has 1 fully saturated rings. The van der Waals surface area contributed by atoms with Crippen LogP contribution in [-0.4, -0.2) is 50.3 Å². The predicted molar refractivity (Wildman–Crippen MR) is 97.9 cm³/mol. The highest BCUT2D eigenvalue weighted by molar-refractivity contribution is 7.91. The monoisotopic (exact) mass is 397 g/mol. The van der Waals surface area contributed by atoms with Crippen molar-refractivity contribution in [2.45, 2.75) is 17.2 Å². The van der Waals surface area contributed by atoms with Crippen molar-refractivity contribution in [2.75, 3.05) is 26.2 Å². The van der Waals surface area contributed by atoms with Crippen molar-refractivity contribution in [3.05, 3.63) is 52.7 Å². The fourth-order valence-corrected chi connectivity index (χ4v) is 4.52. The summed E-state index contributed by atoms with van der Waals surface area (Å²) in [6.07, 6.45) is 0.819. The highest BCUT2D eigenvalue weighted by Gasteiger charge is 2.22. The largest absolute Gasteiger partial charge is 0.337 e. The molecule has 2 aromatic rings. The van der Waals surface area contributed by atoms with Gasteiger partial charge in [-0.2, -0.15) is 0 Å². The molecule has 1 aromatic heterocycles. The van der Waals surface area contributed by atoms with E-state index >= 15 is 0 Å². The Labute approximate surface area is 156 Å². The zero-order valence-corrected chi connectivity index (χ0v) is 15.7. The van der Waals surface area contributed by atoms with Crippen LogP contribution in [0, 0.1) is 5.82 Å². The van der Waals surface area contributed by atoms with Crippen molar-refractivity contribution >= 4 is 27.3 Å². The molecule has 9 heteroatoms. The van der Waals surface area contributed by atoms with E-state index < -0.39 is 10.0 Å². The second kappa shape index (κ2) is 7.83. The third kappa shape index (κ3) is 4.67. The van der Waals surface area contributed by atoms with Crippen molar-refractivity contribution in [1.82, 2.24) is 9.80 Å². The van der Waals surface area contributed by atoms with Gasteiger partial charge in [0.1, 0.15) is 10.0 Å². The Kier molecular flexibility index (Phi) is 5.71. The quantitative estimate of drug-likeness (QED) is 0.854. The van der Waals surface area contributed by atoms with Gasteiger partial charge in [0.25, 0.3) is 5.91 Å². The summed E-state index contributed by atoms with van der Waals surface area (Å²) < 4.78 is 35.7. The van der Waals surface area contributed by atoms with E-state index in [1.165, 1.54) is 23.6 Å². The maximum absolute atomic E-state index is 13.0. The molecule has 0 saturated carbocycles. The fourth-order valence-electron chi connectivity index (χ4n) is 2.94. The summed E-state index contributed by atoms with van der Waals surface area (Å²) in [6, 6.07) is 7.77. The molecule has 1 aromatic carbocycles. The van der Waals surface area contributed by atoms with Crippen LogP contribution in [0.4, 0.5) is 4.39 Å². The van der Waals surface area contributed by atoms with Crippen LogP contribution in [0.2, 0.25) is 0 Å². The zero-order valence-electron chi connectivity index (χ0n) is 14.1. The molecule has 2 N–H and O–H groups in total. The number of thiophene rings is 1. The first kappa shape index (κ1) is 19.0. The molecule has 0 unspecified atom stereocenters. The van der Waals surface area contributed by atoms with E-state index in [0.29, 0.717) is 31.7 Å². The van der Waals surface area contributed by atoms with Crippen LogP contribution in [0.3, 0.4) is 0 Å². The lowest BCUT2D eigenvalue weighted by Gasteiger charge is -2.21. The Balaban J connectivity index is 1.61. The normalized spacial score (nSPS) is 16.5. The van der Waals surface area contributed by atoms with Gasteiger partial charge >= 0.3 is 0 Å².